The van der Waals surface area contributed by atoms with Crippen molar-refractivity contribution < 1.29 is 23.4 Å². The molecule has 1 N–H and O–H groups in total. The average Bonchev–Trinajstić information content (AvgIpc) is 3.54. The first-order valence-corrected chi connectivity index (χ1v) is 17.0. The Hall–Kier alpha value is -2.12. The third kappa shape index (κ3) is 3.36. The summed E-state index contributed by atoms with van der Waals surface area (Å²) in [5, 5.41) is 2.83. The topological polar surface area (TPSA) is 66.0 Å². The molecule has 7 aliphatic carbocycles. The molecule has 2 saturated heterocycles. The van der Waals surface area contributed by atoms with Gasteiger partial charge in [0.2, 0.25) is 0 Å². The molecule has 9 aliphatic rings. The summed E-state index contributed by atoms with van der Waals surface area (Å²) in [4.78, 5) is 13.0. The van der Waals surface area contributed by atoms with Gasteiger partial charge in [0.05, 0.1) is 23.4 Å². The highest BCUT2D eigenvalue weighted by molar-refractivity contribution is 6.51. The maximum Gasteiger partial charge on any atom is 0.470 e. The van der Waals surface area contributed by atoms with Crippen LogP contribution in [0.2, 0.25) is 0 Å². The highest BCUT2D eigenvalue weighted by atomic mass is 16.7. The fourth-order valence-corrected chi connectivity index (χ4v) is 11.5. The molecule has 1 amide bonds. The van der Waals surface area contributed by atoms with E-state index in [1.165, 1.54) is 24.0 Å². The minimum atomic E-state index is -0.431. The van der Waals surface area contributed by atoms with Crippen molar-refractivity contribution in [3.63, 3.8) is 0 Å². The van der Waals surface area contributed by atoms with E-state index < -0.39 is 14.2 Å². The van der Waals surface area contributed by atoms with Crippen LogP contribution in [0.5, 0.6) is 0 Å². The van der Waals surface area contributed by atoms with Gasteiger partial charge in [-0.25, -0.2) is 0 Å². The number of fused-ring (bicyclic) bond motifs is 2. The molecule has 2 aromatic rings. The molecule has 230 valence electrons. The SMILES string of the molecule is CNC(=O)c1ccc2c(c1)C(B1OC3C[C@@H]4C[C@@H](C4(C)C)[C@]3(C)O1)c1ccccc1C2B1OC2C[C@@H]3C[C@@H](C3(C)C)[C@]2(C)O1. The molecule has 4 unspecified atom stereocenters. The highest BCUT2D eigenvalue weighted by Crippen LogP contribution is 2.68. The summed E-state index contributed by atoms with van der Waals surface area (Å²) in [5.41, 5.74) is 5.22. The van der Waals surface area contributed by atoms with Crippen LogP contribution < -0.4 is 5.32 Å². The van der Waals surface area contributed by atoms with Crippen LogP contribution in [-0.2, 0) is 18.6 Å². The van der Waals surface area contributed by atoms with Crippen molar-refractivity contribution in [3.8, 4) is 0 Å². The molecule has 2 aromatic carbocycles. The van der Waals surface area contributed by atoms with E-state index in [2.05, 4.69) is 83.3 Å². The van der Waals surface area contributed by atoms with Crippen molar-refractivity contribution in [2.45, 2.75) is 102 Å². The second-order valence-electron chi connectivity index (χ2n) is 16.7. The Morgan fingerprint density at radius 2 is 1.18 bits per heavy atom. The first kappa shape index (κ1) is 28.1. The van der Waals surface area contributed by atoms with Crippen LogP contribution in [0.4, 0.5) is 0 Å². The number of benzene rings is 2. The molecular weight excluding hydrogens is 548 g/mol. The van der Waals surface area contributed by atoms with Crippen LogP contribution in [0, 0.1) is 34.5 Å². The summed E-state index contributed by atoms with van der Waals surface area (Å²) in [7, 11) is 0.861. The Balaban J connectivity index is 1.14. The molecule has 0 spiro atoms. The van der Waals surface area contributed by atoms with Crippen LogP contribution in [0.1, 0.15) is 111 Å². The van der Waals surface area contributed by atoms with E-state index in [4.69, 9.17) is 18.6 Å². The second-order valence-corrected chi connectivity index (χ2v) is 16.7. The summed E-state index contributed by atoms with van der Waals surface area (Å²) in [6.07, 6.45) is 4.71. The maximum atomic E-state index is 13.0. The molecule has 6 nitrogen and oxygen atoms in total. The number of nitrogens with one attached hydrogen (secondary N) is 1. The summed E-state index contributed by atoms with van der Waals surface area (Å²) < 4.78 is 28.2. The van der Waals surface area contributed by atoms with Crippen LogP contribution in [0.25, 0.3) is 0 Å². The quantitative estimate of drug-likeness (QED) is 0.433. The van der Waals surface area contributed by atoms with E-state index in [1.807, 2.05) is 6.07 Å². The van der Waals surface area contributed by atoms with Crippen molar-refractivity contribution in [1.29, 1.82) is 0 Å². The first-order chi connectivity index (χ1) is 20.9. The fraction of sp³-hybridized carbons (Fsp3) is 0.639. The third-order valence-electron chi connectivity index (χ3n) is 14.4. The highest BCUT2D eigenvalue weighted by Gasteiger charge is 2.71. The van der Waals surface area contributed by atoms with Gasteiger partial charge < -0.3 is 23.9 Å². The summed E-state index contributed by atoms with van der Waals surface area (Å²) in [6, 6.07) is 14.9. The largest absolute Gasteiger partial charge is 0.470 e. The summed E-state index contributed by atoms with van der Waals surface area (Å²) in [6.45, 7) is 14.2. The monoisotopic (exact) mass is 593 g/mol. The normalized spacial score (nSPS) is 43.2. The molecule has 8 fully saturated rings. The average molecular weight is 593 g/mol. The fourth-order valence-electron chi connectivity index (χ4n) is 11.5. The van der Waals surface area contributed by atoms with Gasteiger partial charge in [0.15, 0.2) is 0 Å². The molecule has 0 radical (unpaired) electrons. The number of rotatable bonds is 3. The minimum Gasteiger partial charge on any atom is -0.405 e. The molecule has 10 atom stereocenters. The Labute approximate surface area is 262 Å². The number of carbonyl (C=O) groups is 1. The molecule has 2 heterocycles. The third-order valence-corrected chi connectivity index (χ3v) is 14.4. The van der Waals surface area contributed by atoms with E-state index >= 15 is 0 Å². The lowest BCUT2D eigenvalue weighted by molar-refractivity contribution is -0.199. The number of amides is 1. The van der Waals surface area contributed by atoms with Gasteiger partial charge in [-0.1, -0.05) is 58.0 Å². The van der Waals surface area contributed by atoms with E-state index in [9.17, 15) is 4.79 Å². The van der Waals surface area contributed by atoms with Crippen molar-refractivity contribution in [1.82, 2.24) is 5.32 Å². The predicted molar refractivity (Wildman–Crippen MR) is 170 cm³/mol. The molecular formula is C36H45B2NO5. The van der Waals surface area contributed by atoms with E-state index in [0.29, 0.717) is 29.2 Å². The lowest BCUT2D eigenvalue weighted by atomic mass is 9.43. The lowest BCUT2D eigenvalue weighted by Crippen LogP contribution is -2.65. The first-order valence-electron chi connectivity index (χ1n) is 17.0. The van der Waals surface area contributed by atoms with Crippen LogP contribution in [0.3, 0.4) is 0 Å². The Morgan fingerprint density at radius 1 is 0.705 bits per heavy atom. The molecule has 11 rings (SSSR count). The van der Waals surface area contributed by atoms with Gasteiger partial charge >= 0.3 is 14.2 Å². The number of hydrogen-bond donors (Lipinski definition) is 1. The zero-order valence-corrected chi connectivity index (χ0v) is 27.2. The number of hydrogen-bond acceptors (Lipinski definition) is 5. The smallest absolute Gasteiger partial charge is 0.405 e. The Bertz CT molecular complexity index is 1580. The number of carbonyl (C=O) groups excluding carboxylic acids is 1. The molecule has 6 saturated carbocycles. The van der Waals surface area contributed by atoms with Crippen molar-refractivity contribution in [2.75, 3.05) is 7.05 Å². The van der Waals surface area contributed by atoms with Crippen molar-refractivity contribution in [3.05, 3.63) is 70.3 Å². The van der Waals surface area contributed by atoms with Crippen LogP contribution in [0.15, 0.2) is 42.5 Å². The van der Waals surface area contributed by atoms with Gasteiger partial charge in [-0.3, -0.25) is 4.79 Å². The minimum absolute atomic E-state index is 0.0825. The molecule has 0 aromatic heterocycles. The Morgan fingerprint density at radius 3 is 1.66 bits per heavy atom. The second kappa shape index (κ2) is 8.82. The summed E-state index contributed by atoms with van der Waals surface area (Å²) >= 11 is 0. The Kier molecular flexibility index (Phi) is 5.64. The zero-order chi connectivity index (χ0) is 30.6. The van der Waals surface area contributed by atoms with E-state index in [1.54, 1.807) is 7.05 Å². The van der Waals surface area contributed by atoms with Crippen molar-refractivity contribution in [2.24, 2.45) is 34.5 Å². The summed E-state index contributed by atoms with van der Waals surface area (Å²) in [5.74, 6) is 1.99. The molecule has 44 heavy (non-hydrogen) atoms. The van der Waals surface area contributed by atoms with Gasteiger partial charge in [-0.2, -0.15) is 0 Å². The van der Waals surface area contributed by atoms with Crippen LogP contribution >= 0.6 is 0 Å². The van der Waals surface area contributed by atoms with Gasteiger partial charge in [0, 0.05) is 24.2 Å². The molecule has 4 bridgehead atoms. The van der Waals surface area contributed by atoms with E-state index in [0.717, 1.165) is 24.0 Å². The van der Waals surface area contributed by atoms with E-state index in [-0.39, 0.29) is 51.8 Å². The van der Waals surface area contributed by atoms with Gasteiger partial charge in [0.1, 0.15) is 0 Å². The van der Waals surface area contributed by atoms with Crippen molar-refractivity contribution >= 4 is 20.1 Å². The molecule has 8 heteroatoms. The maximum absolute atomic E-state index is 13.0. The van der Waals surface area contributed by atoms with Gasteiger partial charge in [-0.15, -0.1) is 0 Å². The zero-order valence-electron chi connectivity index (χ0n) is 27.2. The van der Waals surface area contributed by atoms with Gasteiger partial charge in [0.25, 0.3) is 5.91 Å². The molecule has 2 aliphatic heterocycles. The predicted octanol–water partition coefficient (Wildman–Crippen LogP) is 6.16. The lowest BCUT2D eigenvalue weighted by Gasteiger charge is -2.64. The van der Waals surface area contributed by atoms with Crippen LogP contribution in [-0.4, -0.2) is 50.6 Å². The standard InChI is InChI=1S/C36H45B2NO5/c1-33(2)20-15-26(33)35(5)28(17-20)41-37(43-35)30-22-10-8-9-11-23(22)31(25-14-19(32(40)39-7)12-13-24(25)30)38-42-29-18-21-16-27(34(21,3)4)36(29,6)44-38/h8-14,20-21,26-31H,15-18H2,1-7H3,(H,39,40)/t20-,21-,26-,27-,28?,29?,30?,31?,35-,36-/m0/s1. The van der Waals surface area contributed by atoms with Gasteiger partial charge in [-0.05, 0) is 108 Å².